The van der Waals surface area contributed by atoms with Gasteiger partial charge in [0.25, 0.3) is 5.95 Å². The summed E-state index contributed by atoms with van der Waals surface area (Å²) in [5.74, 6) is -0.966. The molecule has 0 aromatic carbocycles. The Hall–Kier alpha value is -1.17. The van der Waals surface area contributed by atoms with Gasteiger partial charge in [-0.25, -0.2) is 0 Å². The number of rotatable bonds is 6. The van der Waals surface area contributed by atoms with E-state index in [0.29, 0.717) is 0 Å². The maximum atomic E-state index is 12.9. The number of aliphatic hydroxyl groups excluding tert-OH is 1. The van der Waals surface area contributed by atoms with Crippen molar-refractivity contribution >= 4 is 6.29 Å². The second kappa shape index (κ2) is 5.54. The summed E-state index contributed by atoms with van der Waals surface area (Å²) in [6, 6.07) is 0. The summed E-state index contributed by atoms with van der Waals surface area (Å²) in [6.07, 6.45) is -4.11. The zero-order chi connectivity index (χ0) is 11.2. The van der Waals surface area contributed by atoms with Crippen LogP contribution in [0.15, 0.2) is 11.5 Å². The molecule has 0 atom stereocenters. The smallest absolute Gasteiger partial charge is 0.386 e. The normalized spacial score (nSPS) is 13.4. The van der Waals surface area contributed by atoms with E-state index in [1.165, 1.54) is 6.92 Å². The number of carbonyl (C=O) groups excluding carboxylic acids is 1. The first-order chi connectivity index (χ1) is 6.49. The third-order valence-electron chi connectivity index (χ3n) is 1.43. The van der Waals surface area contributed by atoms with Crippen LogP contribution < -0.4 is 0 Å². The van der Waals surface area contributed by atoms with Gasteiger partial charge in [-0.1, -0.05) is 0 Å². The lowest BCUT2D eigenvalue weighted by atomic mass is 10.2. The second-order valence-corrected chi connectivity index (χ2v) is 2.31. The van der Waals surface area contributed by atoms with E-state index in [1.807, 2.05) is 0 Å². The second-order valence-electron chi connectivity index (χ2n) is 2.31. The fourth-order valence-corrected chi connectivity index (χ4v) is 0.761. The number of aliphatic hydroxyl groups is 1. The third-order valence-corrected chi connectivity index (χ3v) is 1.43. The van der Waals surface area contributed by atoms with Crippen molar-refractivity contribution in [3.63, 3.8) is 0 Å². The number of aldehydes is 1. The molecule has 0 unspecified atom stereocenters. The lowest BCUT2D eigenvalue weighted by Crippen LogP contribution is -2.24. The highest BCUT2D eigenvalue weighted by Crippen LogP contribution is 2.28. The van der Waals surface area contributed by atoms with Gasteiger partial charge in [-0.2, -0.15) is 8.78 Å². The van der Waals surface area contributed by atoms with Crippen molar-refractivity contribution in [3.8, 4) is 0 Å². The number of methoxy groups -OCH3 is 1. The van der Waals surface area contributed by atoms with Crippen LogP contribution in [0.25, 0.3) is 0 Å². The molecule has 0 saturated carbocycles. The summed E-state index contributed by atoms with van der Waals surface area (Å²) in [4.78, 5) is 10.1. The van der Waals surface area contributed by atoms with Crippen molar-refractivity contribution in [3.05, 3.63) is 11.5 Å². The standard InChI is InChI=1S/C8H12F2O4/c1-3-14-7(12)6(4-5-11)8(9,10)13-2/h5,12H,3-4H2,1-2H3/b7-6+. The minimum absolute atomic E-state index is 0.0218. The van der Waals surface area contributed by atoms with E-state index in [1.54, 1.807) is 0 Å². The lowest BCUT2D eigenvalue weighted by Gasteiger charge is -2.17. The van der Waals surface area contributed by atoms with Gasteiger partial charge in [0.05, 0.1) is 6.61 Å². The highest BCUT2D eigenvalue weighted by atomic mass is 19.3. The molecule has 0 amide bonds. The molecule has 0 spiro atoms. The van der Waals surface area contributed by atoms with E-state index in [-0.39, 0.29) is 12.9 Å². The first kappa shape index (κ1) is 12.8. The fraction of sp³-hybridized carbons (Fsp3) is 0.625. The number of alkyl halides is 2. The monoisotopic (exact) mass is 210 g/mol. The van der Waals surface area contributed by atoms with Crippen LogP contribution >= 0.6 is 0 Å². The van der Waals surface area contributed by atoms with Crippen LogP contribution in [0.3, 0.4) is 0 Å². The number of ether oxygens (including phenoxy) is 2. The zero-order valence-corrected chi connectivity index (χ0v) is 7.92. The number of carbonyl (C=O) groups is 1. The Bertz CT molecular complexity index is 225. The van der Waals surface area contributed by atoms with Gasteiger partial charge in [-0.15, -0.1) is 0 Å². The molecule has 0 heterocycles. The summed E-state index contributed by atoms with van der Waals surface area (Å²) in [6.45, 7) is 1.54. The van der Waals surface area contributed by atoms with E-state index in [0.717, 1.165) is 7.11 Å². The molecule has 0 aromatic heterocycles. The van der Waals surface area contributed by atoms with Crippen LogP contribution in [0.5, 0.6) is 0 Å². The van der Waals surface area contributed by atoms with Gasteiger partial charge in [0.2, 0.25) is 0 Å². The van der Waals surface area contributed by atoms with Crippen LogP contribution in [-0.2, 0) is 14.3 Å². The summed E-state index contributed by atoms with van der Waals surface area (Å²) in [5, 5.41) is 9.05. The molecular formula is C8H12F2O4. The van der Waals surface area contributed by atoms with E-state index >= 15 is 0 Å². The molecular weight excluding hydrogens is 198 g/mol. The molecule has 0 rings (SSSR count). The molecule has 1 N–H and O–H groups in total. The molecule has 14 heavy (non-hydrogen) atoms. The zero-order valence-electron chi connectivity index (χ0n) is 7.92. The molecule has 82 valence electrons. The van der Waals surface area contributed by atoms with Gasteiger partial charge >= 0.3 is 6.11 Å². The predicted octanol–water partition coefficient (Wildman–Crippen LogP) is 1.62. The Morgan fingerprint density at radius 3 is 2.50 bits per heavy atom. The van der Waals surface area contributed by atoms with Crippen molar-refractivity contribution in [1.29, 1.82) is 0 Å². The van der Waals surface area contributed by atoms with Gasteiger partial charge in [-0.3, -0.25) is 0 Å². The first-order valence-corrected chi connectivity index (χ1v) is 3.91. The van der Waals surface area contributed by atoms with E-state index in [2.05, 4.69) is 9.47 Å². The molecule has 0 radical (unpaired) electrons. The van der Waals surface area contributed by atoms with Gasteiger partial charge in [0, 0.05) is 13.5 Å². The van der Waals surface area contributed by atoms with Gasteiger partial charge in [-0.05, 0) is 6.92 Å². The van der Waals surface area contributed by atoms with Crippen LogP contribution in [0.2, 0.25) is 0 Å². The average molecular weight is 210 g/mol. The SMILES string of the molecule is CCO/C(O)=C(\CC=O)C(F)(F)OC. The Morgan fingerprint density at radius 2 is 2.14 bits per heavy atom. The maximum Gasteiger partial charge on any atom is 0.386 e. The number of hydrogen-bond donors (Lipinski definition) is 1. The number of halogens is 2. The van der Waals surface area contributed by atoms with E-state index in [4.69, 9.17) is 5.11 Å². The summed E-state index contributed by atoms with van der Waals surface area (Å²) in [5.41, 5.74) is -0.878. The Labute approximate surface area is 80.1 Å². The van der Waals surface area contributed by atoms with Gasteiger partial charge in [0.1, 0.15) is 11.9 Å². The molecule has 6 heteroatoms. The quantitative estimate of drug-likeness (QED) is 0.534. The largest absolute Gasteiger partial charge is 0.481 e. The predicted molar refractivity (Wildman–Crippen MR) is 43.9 cm³/mol. The van der Waals surface area contributed by atoms with Gasteiger partial charge < -0.3 is 19.4 Å². The molecule has 0 bridgehead atoms. The van der Waals surface area contributed by atoms with Crippen molar-refractivity contribution in [2.24, 2.45) is 0 Å². The van der Waals surface area contributed by atoms with Crippen molar-refractivity contribution in [2.75, 3.05) is 13.7 Å². The summed E-state index contributed by atoms with van der Waals surface area (Å²) >= 11 is 0. The van der Waals surface area contributed by atoms with E-state index in [9.17, 15) is 13.6 Å². The Balaban J connectivity index is 4.90. The van der Waals surface area contributed by atoms with Crippen LogP contribution in [0, 0.1) is 0 Å². The molecule has 0 aromatic rings. The first-order valence-electron chi connectivity index (χ1n) is 3.91. The molecule has 0 aliphatic heterocycles. The molecule has 0 saturated heterocycles. The van der Waals surface area contributed by atoms with Crippen molar-refractivity contribution < 1.29 is 28.2 Å². The topological polar surface area (TPSA) is 55.8 Å². The molecule has 4 nitrogen and oxygen atoms in total. The molecule has 0 aliphatic rings. The van der Waals surface area contributed by atoms with Crippen molar-refractivity contribution in [1.82, 2.24) is 0 Å². The third kappa shape index (κ3) is 3.29. The van der Waals surface area contributed by atoms with Crippen molar-refractivity contribution in [2.45, 2.75) is 19.5 Å². The Kier molecular flexibility index (Phi) is 5.07. The maximum absolute atomic E-state index is 12.9. The summed E-state index contributed by atoms with van der Waals surface area (Å²) < 4.78 is 34.1. The fourth-order valence-electron chi connectivity index (χ4n) is 0.761. The van der Waals surface area contributed by atoms with Crippen LogP contribution in [0.4, 0.5) is 8.78 Å². The minimum Gasteiger partial charge on any atom is -0.481 e. The molecule has 0 fully saturated rings. The van der Waals surface area contributed by atoms with Crippen LogP contribution in [-0.4, -0.2) is 31.2 Å². The van der Waals surface area contributed by atoms with E-state index < -0.39 is 24.0 Å². The van der Waals surface area contributed by atoms with Gasteiger partial charge in [0.15, 0.2) is 0 Å². The highest BCUT2D eigenvalue weighted by Gasteiger charge is 2.37. The summed E-state index contributed by atoms with van der Waals surface area (Å²) in [7, 11) is 0.768. The Morgan fingerprint density at radius 1 is 1.57 bits per heavy atom. The highest BCUT2D eigenvalue weighted by molar-refractivity contribution is 5.55. The van der Waals surface area contributed by atoms with Crippen LogP contribution in [0.1, 0.15) is 13.3 Å². The molecule has 0 aliphatic carbocycles. The minimum atomic E-state index is -3.69. The lowest BCUT2D eigenvalue weighted by molar-refractivity contribution is -0.196. The average Bonchev–Trinajstić information content (AvgIpc) is 2.14. The number of hydrogen-bond acceptors (Lipinski definition) is 4.